The maximum absolute atomic E-state index is 9.22. The third-order valence-corrected chi connectivity index (χ3v) is 8.66. The molecule has 3 nitrogen and oxygen atoms in total. The van der Waals surface area contributed by atoms with Crippen LogP contribution in [0.2, 0.25) is 0 Å². The number of rotatable bonds is 1. The van der Waals surface area contributed by atoms with Crippen molar-refractivity contribution in [2.45, 2.75) is 58.8 Å². The third kappa shape index (κ3) is 2.40. The monoisotopic (exact) mass is 362 g/mol. The van der Waals surface area contributed by atoms with Crippen molar-refractivity contribution in [1.29, 1.82) is 0 Å². The average molecular weight is 363 g/mol. The molecule has 5 unspecified atom stereocenters. The molecule has 27 heavy (non-hydrogen) atoms. The minimum absolute atomic E-state index is 0.300. The van der Waals surface area contributed by atoms with Crippen LogP contribution in [-0.2, 0) is 0 Å². The van der Waals surface area contributed by atoms with E-state index < -0.39 is 0 Å². The summed E-state index contributed by atoms with van der Waals surface area (Å²) in [4.78, 5) is 4.38. The van der Waals surface area contributed by atoms with Crippen molar-refractivity contribution in [3.63, 3.8) is 0 Å². The molecular weight excluding hydrogens is 332 g/mol. The minimum atomic E-state index is 0.300. The first-order valence-corrected chi connectivity index (χ1v) is 10.6. The van der Waals surface area contributed by atoms with E-state index >= 15 is 0 Å². The summed E-state index contributed by atoms with van der Waals surface area (Å²) in [5.41, 5.74) is 5.89. The molecule has 1 heterocycles. The van der Waals surface area contributed by atoms with E-state index in [1.165, 1.54) is 37.7 Å². The zero-order valence-corrected chi connectivity index (χ0v) is 16.5. The van der Waals surface area contributed by atoms with Crippen LogP contribution in [0.4, 0.5) is 0 Å². The average Bonchev–Trinajstić information content (AvgIpc) is 3.05. The molecule has 0 aromatic carbocycles. The number of aromatic nitrogens is 1. The van der Waals surface area contributed by atoms with Crippen LogP contribution in [0.1, 0.15) is 64.4 Å². The molecule has 1 aromatic heterocycles. The number of allylic oxidation sites excluding steroid dienone is 4. The lowest BCUT2D eigenvalue weighted by atomic mass is 9.46. The quantitative estimate of drug-likeness (QED) is 0.502. The molecule has 4 aliphatic carbocycles. The summed E-state index contributed by atoms with van der Waals surface area (Å²) in [5.74, 6) is 2.35. The lowest BCUT2D eigenvalue weighted by Crippen LogP contribution is -2.49. The summed E-state index contributed by atoms with van der Waals surface area (Å²) in [5, 5.41) is 12.7. The van der Waals surface area contributed by atoms with Crippen LogP contribution in [0, 0.1) is 28.6 Å². The van der Waals surface area contributed by atoms with Crippen molar-refractivity contribution < 1.29 is 5.21 Å². The molecule has 4 aliphatic rings. The summed E-state index contributed by atoms with van der Waals surface area (Å²) in [7, 11) is 0. The van der Waals surface area contributed by atoms with Crippen LogP contribution < -0.4 is 0 Å². The zero-order valence-electron chi connectivity index (χ0n) is 16.5. The molecule has 1 N–H and O–H groups in total. The summed E-state index contributed by atoms with van der Waals surface area (Å²) in [6.45, 7) is 5.02. The van der Waals surface area contributed by atoms with E-state index in [9.17, 15) is 5.21 Å². The van der Waals surface area contributed by atoms with Gasteiger partial charge in [-0.1, -0.05) is 36.7 Å². The molecule has 0 bridgehead atoms. The van der Waals surface area contributed by atoms with Gasteiger partial charge in [-0.3, -0.25) is 4.98 Å². The number of fused-ring (bicyclic) bond motifs is 5. The molecule has 0 saturated heterocycles. The van der Waals surface area contributed by atoms with Crippen molar-refractivity contribution in [2.75, 3.05) is 0 Å². The van der Waals surface area contributed by atoms with E-state index in [0.717, 1.165) is 36.3 Å². The molecule has 5 rings (SSSR count). The molecular formula is C24H30N2O. The predicted molar refractivity (Wildman–Crippen MR) is 109 cm³/mol. The van der Waals surface area contributed by atoms with E-state index in [-0.39, 0.29) is 0 Å². The first-order valence-electron chi connectivity index (χ1n) is 10.6. The minimum Gasteiger partial charge on any atom is -0.411 e. The Morgan fingerprint density at radius 1 is 1.11 bits per heavy atom. The second-order valence-electron chi connectivity index (χ2n) is 9.65. The topological polar surface area (TPSA) is 45.5 Å². The molecule has 5 atom stereocenters. The predicted octanol–water partition coefficient (Wildman–Crippen LogP) is 5.87. The maximum Gasteiger partial charge on any atom is 0.0795 e. The Kier molecular flexibility index (Phi) is 3.86. The molecule has 2 saturated carbocycles. The summed E-state index contributed by atoms with van der Waals surface area (Å²) >= 11 is 0. The van der Waals surface area contributed by atoms with E-state index in [4.69, 9.17) is 0 Å². The molecule has 3 heteroatoms. The smallest absolute Gasteiger partial charge is 0.0795 e. The second-order valence-corrected chi connectivity index (χ2v) is 9.65. The number of hydrogen-bond acceptors (Lipinski definition) is 3. The molecule has 1 aromatic rings. The van der Waals surface area contributed by atoms with Crippen molar-refractivity contribution in [3.05, 3.63) is 47.8 Å². The SMILES string of the molecule is CC12CC/C(=N\O)C=C1CCC1C2CCC2(C)C(c3cccnc3)=CCC12. The van der Waals surface area contributed by atoms with Gasteiger partial charge in [0, 0.05) is 12.4 Å². The van der Waals surface area contributed by atoms with Crippen molar-refractivity contribution >= 4 is 11.3 Å². The van der Waals surface area contributed by atoms with Gasteiger partial charge in [0.15, 0.2) is 0 Å². The van der Waals surface area contributed by atoms with Gasteiger partial charge in [0.05, 0.1) is 5.71 Å². The van der Waals surface area contributed by atoms with E-state index in [1.807, 2.05) is 12.4 Å². The van der Waals surface area contributed by atoms with E-state index in [0.29, 0.717) is 10.8 Å². The van der Waals surface area contributed by atoms with Gasteiger partial charge in [-0.15, -0.1) is 0 Å². The highest BCUT2D eigenvalue weighted by Gasteiger charge is 2.57. The lowest BCUT2D eigenvalue weighted by molar-refractivity contribution is -0.0190. The summed E-state index contributed by atoms with van der Waals surface area (Å²) in [6.07, 6.45) is 17.0. The van der Waals surface area contributed by atoms with Crippen LogP contribution in [0.25, 0.3) is 5.57 Å². The number of pyridine rings is 1. The van der Waals surface area contributed by atoms with Gasteiger partial charge < -0.3 is 5.21 Å². The van der Waals surface area contributed by atoms with Gasteiger partial charge >= 0.3 is 0 Å². The first-order chi connectivity index (χ1) is 13.1. The maximum atomic E-state index is 9.22. The highest BCUT2D eigenvalue weighted by atomic mass is 16.4. The Bertz CT molecular complexity index is 839. The Morgan fingerprint density at radius 2 is 2.00 bits per heavy atom. The summed E-state index contributed by atoms with van der Waals surface area (Å²) < 4.78 is 0. The van der Waals surface area contributed by atoms with Crippen LogP contribution in [0.5, 0.6) is 0 Å². The van der Waals surface area contributed by atoms with Gasteiger partial charge in [0.25, 0.3) is 0 Å². The number of hydrogen-bond donors (Lipinski definition) is 1. The largest absolute Gasteiger partial charge is 0.411 e. The lowest BCUT2D eigenvalue weighted by Gasteiger charge is -2.58. The van der Waals surface area contributed by atoms with Crippen molar-refractivity contribution in [1.82, 2.24) is 4.98 Å². The highest BCUT2D eigenvalue weighted by molar-refractivity contribution is 5.96. The van der Waals surface area contributed by atoms with Gasteiger partial charge in [-0.25, -0.2) is 0 Å². The fourth-order valence-corrected chi connectivity index (χ4v) is 7.19. The Balaban J connectivity index is 1.47. The third-order valence-electron chi connectivity index (χ3n) is 8.66. The Hall–Kier alpha value is -1.90. The van der Waals surface area contributed by atoms with Crippen LogP contribution in [0.3, 0.4) is 0 Å². The van der Waals surface area contributed by atoms with Gasteiger partial charge in [0.1, 0.15) is 0 Å². The molecule has 0 spiro atoms. The zero-order chi connectivity index (χ0) is 18.6. The molecule has 142 valence electrons. The fourth-order valence-electron chi connectivity index (χ4n) is 7.19. The molecule has 0 radical (unpaired) electrons. The summed E-state index contributed by atoms with van der Waals surface area (Å²) in [6, 6.07) is 4.30. The van der Waals surface area contributed by atoms with Crippen LogP contribution in [0.15, 0.2) is 47.4 Å². The van der Waals surface area contributed by atoms with Crippen LogP contribution in [-0.4, -0.2) is 15.9 Å². The Labute approximate surface area is 162 Å². The van der Waals surface area contributed by atoms with E-state index in [2.05, 4.69) is 48.3 Å². The molecule has 0 amide bonds. The van der Waals surface area contributed by atoms with Crippen LogP contribution >= 0.6 is 0 Å². The van der Waals surface area contributed by atoms with Crippen molar-refractivity contribution in [2.24, 2.45) is 33.7 Å². The standard InChI is InChI=1S/C24H30N2O/c1-23-11-9-18(26-27)14-17(23)5-6-19-21-8-7-20(16-4-3-13-25-15-16)24(21,2)12-10-22(19)23/h3-4,7,13-15,19,21-22,27H,5-6,8-12H2,1-2H3/b26-18+. The first kappa shape index (κ1) is 17.2. The second kappa shape index (κ2) is 6.05. The Morgan fingerprint density at radius 3 is 2.78 bits per heavy atom. The van der Waals surface area contributed by atoms with Gasteiger partial charge in [-0.05, 0) is 96.8 Å². The van der Waals surface area contributed by atoms with Crippen molar-refractivity contribution in [3.8, 4) is 0 Å². The normalized spacial score (nSPS) is 42.0. The fraction of sp³-hybridized carbons (Fsp3) is 0.583. The van der Waals surface area contributed by atoms with Gasteiger partial charge in [-0.2, -0.15) is 0 Å². The highest BCUT2D eigenvalue weighted by Crippen LogP contribution is 2.66. The molecule has 0 aliphatic heterocycles. The van der Waals surface area contributed by atoms with E-state index in [1.54, 1.807) is 11.1 Å². The number of oxime groups is 1. The van der Waals surface area contributed by atoms with Gasteiger partial charge in [0.2, 0.25) is 0 Å². The molecule has 2 fully saturated rings. The number of nitrogens with zero attached hydrogens (tertiary/aromatic N) is 2.